The van der Waals surface area contributed by atoms with Gasteiger partial charge in [-0.2, -0.15) is 0 Å². The van der Waals surface area contributed by atoms with Crippen LogP contribution in [0.1, 0.15) is 21.5 Å². The van der Waals surface area contributed by atoms with E-state index in [1.54, 1.807) is 30.5 Å². The number of hydrogen-bond acceptors (Lipinski definition) is 7. The van der Waals surface area contributed by atoms with Gasteiger partial charge in [0.2, 0.25) is 5.91 Å². The number of benzene rings is 2. The number of pyridine rings is 1. The average Bonchev–Trinajstić information content (AvgIpc) is 3.38. The molecule has 2 aliphatic rings. The first kappa shape index (κ1) is 21.9. The first-order valence-corrected chi connectivity index (χ1v) is 11.2. The van der Waals surface area contributed by atoms with Crippen LogP contribution in [-0.2, 0) is 16.0 Å². The molecule has 0 spiro atoms. The molecule has 2 aromatic carbocycles. The number of rotatable bonds is 6. The molecule has 2 N–H and O–H groups in total. The number of hydrogen-bond donors (Lipinski definition) is 2. The Morgan fingerprint density at radius 1 is 1.03 bits per heavy atom. The molecule has 0 aliphatic carbocycles. The molecule has 3 heterocycles. The van der Waals surface area contributed by atoms with Crippen LogP contribution in [0.2, 0.25) is 0 Å². The third kappa shape index (κ3) is 4.33. The quantitative estimate of drug-likeness (QED) is 0.553. The zero-order valence-electron chi connectivity index (χ0n) is 18.5. The summed E-state index contributed by atoms with van der Waals surface area (Å²) in [6, 6.07) is 14.6. The van der Waals surface area contributed by atoms with Crippen molar-refractivity contribution in [2.75, 3.05) is 43.1 Å². The van der Waals surface area contributed by atoms with E-state index in [1.807, 2.05) is 30.5 Å². The van der Waals surface area contributed by atoms with Crippen LogP contribution >= 0.6 is 0 Å². The Kier molecular flexibility index (Phi) is 6.16. The number of aliphatic imine (C=N–C) groups is 1. The van der Waals surface area contributed by atoms with Gasteiger partial charge in [-0.05, 0) is 35.4 Å². The number of ketones is 1. The molecule has 2 aliphatic heterocycles. The van der Waals surface area contributed by atoms with Crippen LogP contribution in [0, 0.1) is 0 Å². The number of aromatic nitrogens is 1. The molecule has 1 amide bonds. The largest absolute Gasteiger partial charge is 0.387 e. The highest BCUT2D eigenvalue weighted by atomic mass is 16.5. The van der Waals surface area contributed by atoms with Crippen LogP contribution in [0.3, 0.4) is 0 Å². The molecule has 5 rings (SSSR count). The molecule has 0 radical (unpaired) electrons. The van der Waals surface area contributed by atoms with E-state index < -0.39 is 12.5 Å². The van der Waals surface area contributed by atoms with Gasteiger partial charge in [0.1, 0.15) is 12.4 Å². The SMILES string of the molecule is O=C(CO)Nc1cc(C(=O)c2ccnc(N3CCOCC3)c2)ccc1-c1cccc2c1CC=N2. The number of aliphatic hydroxyl groups is 1. The van der Waals surface area contributed by atoms with Gasteiger partial charge in [-0.3, -0.25) is 14.6 Å². The van der Waals surface area contributed by atoms with Crippen molar-refractivity contribution >= 4 is 35.1 Å². The average molecular weight is 457 g/mol. The fourth-order valence-corrected chi connectivity index (χ4v) is 4.30. The molecule has 0 atom stereocenters. The number of nitrogens with zero attached hydrogens (tertiary/aromatic N) is 3. The van der Waals surface area contributed by atoms with Gasteiger partial charge in [-0.15, -0.1) is 0 Å². The topological polar surface area (TPSA) is 104 Å². The van der Waals surface area contributed by atoms with Crippen LogP contribution in [0.5, 0.6) is 0 Å². The van der Waals surface area contributed by atoms with Crippen LogP contribution in [0.15, 0.2) is 59.7 Å². The Morgan fingerprint density at radius 3 is 2.68 bits per heavy atom. The van der Waals surface area contributed by atoms with Gasteiger partial charge in [0.25, 0.3) is 0 Å². The summed E-state index contributed by atoms with van der Waals surface area (Å²) in [5, 5.41) is 12.0. The van der Waals surface area contributed by atoms with E-state index in [1.165, 1.54) is 0 Å². The molecule has 0 saturated carbocycles. The number of amides is 1. The van der Waals surface area contributed by atoms with Crippen molar-refractivity contribution in [2.45, 2.75) is 6.42 Å². The van der Waals surface area contributed by atoms with Crippen molar-refractivity contribution < 1.29 is 19.4 Å². The Hall–Kier alpha value is -3.88. The van der Waals surface area contributed by atoms with Gasteiger partial charge in [0.15, 0.2) is 5.78 Å². The van der Waals surface area contributed by atoms with Crippen molar-refractivity contribution in [3.8, 4) is 11.1 Å². The number of anilines is 2. The van der Waals surface area contributed by atoms with Crippen LogP contribution < -0.4 is 10.2 Å². The minimum Gasteiger partial charge on any atom is -0.387 e. The van der Waals surface area contributed by atoms with Gasteiger partial charge in [-0.1, -0.05) is 24.3 Å². The van der Waals surface area contributed by atoms with E-state index in [0.717, 1.165) is 41.3 Å². The zero-order valence-corrected chi connectivity index (χ0v) is 18.5. The summed E-state index contributed by atoms with van der Waals surface area (Å²) in [4.78, 5) is 36.4. The summed E-state index contributed by atoms with van der Waals surface area (Å²) in [6.45, 7) is 2.05. The highest BCUT2D eigenvalue weighted by molar-refractivity contribution is 6.11. The first-order valence-electron chi connectivity index (χ1n) is 11.2. The molecule has 172 valence electrons. The van der Waals surface area contributed by atoms with Gasteiger partial charge in [0, 0.05) is 54.3 Å². The zero-order chi connectivity index (χ0) is 23.5. The number of morpholine rings is 1. The second-order valence-corrected chi connectivity index (χ2v) is 8.12. The second-order valence-electron chi connectivity index (χ2n) is 8.12. The predicted molar refractivity (Wildman–Crippen MR) is 130 cm³/mol. The van der Waals surface area contributed by atoms with Crippen molar-refractivity contribution in [3.63, 3.8) is 0 Å². The summed E-state index contributed by atoms with van der Waals surface area (Å²) >= 11 is 0. The lowest BCUT2D eigenvalue weighted by atomic mass is 9.93. The number of fused-ring (bicyclic) bond motifs is 1. The number of ether oxygens (including phenoxy) is 1. The molecule has 0 bridgehead atoms. The molecule has 34 heavy (non-hydrogen) atoms. The molecule has 8 heteroatoms. The Labute approximate surface area is 196 Å². The lowest BCUT2D eigenvalue weighted by Crippen LogP contribution is -2.36. The Bertz CT molecular complexity index is 1280. The lowest BCUT2D eigenvalue weighted by Gasteiger charge is -2.27. The van der Waals surface area contributed by atoms with Gasteiger partial charge in [-0.25, -0.2) is 4.98 Å². The molecular formula is C26H24N4O4. The maximum absolute atomic E-state index is 13.4. The van der Waals surface area contributed by atoms with E-state index in [-0.39, 0.29) is 5.78 Å². The number of carbonyl (C=O) groups excluding carboxylic acids is 2. The summed E-state index contributed by atoms with van der Waals surface area (Å²) < 4.78 is 5.40. The van der Waals surface area contributed by atoms with E-state index >= 15 is 0 Å². The minimum atomic E-state index is -0.652. The van der Waals surface area contributed by atoms with Crippen molar-refractivity contribution in [3.05, 3.63) is 71.4 Å². The molecule has 1 fully saturated rings. The van der Waals surface area contributed by atoms with E-state index in [4.69, 9.17) is 4.74 Å². The Balaban J connectivity index is 1.51. The van der Waals surface area contributed by atoms with E-state index in [0.29, 0.717) is 36.4 Å². The van der Waals surface area contributed by atoms with Crippen LogP contribution in [0.25, 0.3) is 11.1 Å². The Morgan fingerprint density at radius 2 is 1.85 bits per heavy atom. The lowest BCUT2D eigenvalue weighted by molar-refractivity contribution is -0.118. The summed E-state index contributed by atoms with van der Waals surface area (Å²) in [5.74, 6) is 0.0113. The molecular weight excluding hydrogens is 432 g/mol. The molecule has 1 aromatic heterocycles. The third-order valence-corrected chi connectivity index (χ3v) is 6.01. The maximum atomic E-state index is 13.4. The van der Waals surface area contributed by atoms with E-state index in [2.05, 4.69) is 20.2 Å². The van der Waals surface area contributed by atoms with Crippen molar-refractivity contribution in [1.82, 2.24) is 4.98 Å². The highest BCUT2D eigenvalue weighted by Gasteiger charge is 2.20. The summed E-state index contributed by atoms with van der Waals surface area (Å²) in [7, 11) is 0. The fourth-order valence-electron chi connectivity index (χ4n) is 4.30. The third-order valence-electron chi connectivity index (χ3n) is 6.01. The highest BCUT2D eigenvalue weighted by Crippen LogP contribution is 2.38. The summed E-state index contributed by atoms with van der Waals surface area (Å²) in [6.07, 6.45) is 4.18. The van der Waals surface area contributed by atoms with Gasteiger partial charge < -0.3 is 20.1 Å². The van der Waals surface area contributed by atoms with Gasteiger partial charge in [0.05, 0.1) is 18.9 Å². The smallest absolute Gasteiger partial charge is 0.250 e. The first-order chi connectivity index (χ1) is 16.6. The standard InChI is InChI=1S/C26H24N4O4/c31-16-25(32)29-23-14-17(4-5-20(23)19-2-1-3-22-21(19)7-9-27-22)26(33)18-6-8-28-24(15-18)30-10-12-34-13-11-30/h1-6,8-9,14-15,31H,7,10-13,16H2,(H,29,32). The fraction of sp³-hybridized carbons (Fsp3) is 0.231. The number of nitrogens with one attached hydrogen (secondary N) is 1. The molecule has 1 saturated heterocycles. The minimum absolute atomic E-state index is 0.176. The number of aliphatic hydroxyl groups excluding tert-OH is 1. The second kappa shape index (κ2) is 9.54. The molecule has 3 aromatic rings. The van der Waals surface area contributed by atoms with Crippen LogP contribution in [0.4, 0.5) is 17.2 Å². The predicted octanol–water partition coefficient (Wildman–Crippen LogP) is 3.01. The summed E-state index contributed by atoms with van der Waals surface area (Å²) in [5.41, 5.74) is 5.06. The normalized spacial score (nSPS) is 14.7. The molecule has 0 unspecified atom stereocenters. The van der Waals surface area contributed by atoms with Crippen LogP contribution in [-0.4, -0.2) is 60.9 Å². The number of carbonyl (C=O) groups is 2. The molecule has 8 nitrogen and oxygen atoms in total. The monoisotopic (exact) mass is 456 g/mol. The van der Waals surface area contributed by atoms with E-state index in [9.17, 15) is 14.7 Å². The van der Waals surface area contributed by atoms with Crippen molar-refractivity contribution in [1.29, 1.82) is 0 Å². The van der Waals surface area contributed by atoms with Crippen molar-refractivity contribution in [2.24, 2.45) is 4.99 Å². The van der Waals surface area contributed by atoms with Gasteiger partial charge >= 0.3 is 0 Å². The maximum Gasteiger partial charge on any atom is 0.250 e.